The smallest absolute Gasteiger partial charge is 0.260 e. The van der Waals surface area contributed by atoms with Gasteiger partial charge in [-0.25, -0.2) is 9.37 Å². The minimum atomic E-state index is -0.369. The molecule has 9 heteroatoms. The van der Waals surface area contributed by atoms with Gasteiger partial charge in [-0.3, -0.25) is 9.69 Å². The molecule has 0 radical (unpaired) electrons. The summed E-state index contributed by atoms with van der Waals surface area (Å²) in [5.74, 6) is 0.805. The Kier molecular flexibility index (Phi) is 7.69. The fourth-order valence-corrected chi connectivity index (χ4v) is 4.38. The van der Waals surface area contributed by atoms with Crippen LogP contribution in [0.15, 0.2) is 36.4 Å². The number of fused-ring (bicyclic) bond motifs is 2. The second kappa shape index (κ2) is 10.3. The molecule has 3 aromatic rings. The molecular formula is C22H25ClFN3O3S. The Morgan fingerprint density at radius 3 is 2.35 bits per heavy atom. The van der Waals surface area contributed by atoms with Gasteiger partial charge in [-0.15, -0.1) is 12.4 Å². The Morgan fingerprint density at radius 1 is 1.06 bits per heavy atom. The predicted octanol–water partition coefficient (Wildman–Crippen LogP) is 4.62. The van der Waals surface area contributed by atoms with E-state index in [9.17, 15) is 9.18 Å². The van der Waals surface area contributed by atoms with Crippen LogP contribution in [0.25, 0.3) is 10.2 Å². The van der Waals surface area contributed by atoms with E-state index in [0.29, 0.717) is 42.0 Å². The molecule has 0 spiro atoms. The molecule has 0 saturated carbocycles. The number of carbonyl (C=O) groups is 1. The van der Waals surface area contributed by atoms with Crippen LogP contribution in [0, 0.1) is 5.82 Å². The SMILES string of the molecule is CCN(CC)CCN(C(=O)c1ccc(F)cc1)c1nc2cc3c(cc2s1)OCCO3.Cl. The lowest BCUT2D eigenvalue weighted by atomic mass is 10.2. The van der Waals surface area contributed by atoms with Crippen molar-refractivity contribution in [2.24, 2.45) is 0 Å². The number of anilines is 1. The average Bonchev–Trinajstić information content (AvgIpc) is 3.17. The van der Waals surface area contributed by atoms with Crippen molar-refractivity contribution in [1.29, 1.82) is 0 Å². The Labute approximate surface area is 191 Å². The molecule has 4 rings (SSSR count). The van der Waals surface area contributed by atoms with Crippen molar-refractivity contribution in [1.82, 2.24) is 9.88 Å². The third-order valence-corrected chi connectivity index (χ3v) is 6.18. The van der Waals surface area contributed by atoms with Crippen LogP contribution in [0.1, 0.15) is 24.2 Å². The standard InChI is InChI=1S/C22H24FN3O3S.ClH/c1-3-25(4-2)9-10-26(21(27)15-5-7-16(23)8-6-15)22-24-17-13-18-19(14-20(17)30-22)29-12-11-28-18;/h5-8,13-14H,3-4,9-12H2,1-2H3;1H. The summed E-state index contributed by atoms with van der Waals surface area (Å²) in [6.45, 7) is 8.23. The zero-order valence-electron chi connectivity index (χ0n) is 17.5. The highest BCUT2D eigenvalue weighted by atomic mass is 35.5. The Hall–Kier alpha value is -2.42. The number of hydrogen-bond acceptors (Lipinski definition) is 6. The summed E-state index contributed by atoms with van der Waals surface area (Å²) in [5.41, 5.74) is 1.19. The lowest BCUT2D eigenvalue weighted by Crippen LogP contribution is -2.38. The van der Waals surface area contributed by atoms with Gasteiger partial charge in [0.25, 0.3) is 5.91 Å². The maximum atomic E-state index is 13.3. The molecule has 0 bridgehead atoms. The van der Waals surface area contributed by atoms with Gasteiger partial charge in [-0.05, 0) is 37.4 Å². The maximum absolute atomic E-state index is 13.3. The topological polar surface area (TPSA) is 54.9 Å². The second-order valence-corrected chi connectivity index (χ2v) is 7.96. The van der Waals surface area contributed by atoms with E-state index in [1.807, 2.05) is 12.1 Å². The monoisotopic (exact) mass is 465 g/mol. The molecule has 0 saturated heterocycles. The minimum absolute atomic E-state index is 0. The summed E-state index contributed by atoms with van der Waals surface area (Å²) in [6, 6.07) is 9.39. The molecule has 0 unspecified atom stereocenters. The number of carbonyl (C=O) groups excluding carboxylic acids is 1. The van der Waals surface area contributed by atoms with E-state index in [4.69, 9.17) is 14.5 Å². The zero-order chi connectivity index (χ0) is 21.1. The molecule has 1 aliphatic heterocycles. The number of rotatable bonds is 7. The van der Waals surface area contributed by atoms with Crippen LogP contribution >= 0.6 is 23.7 Å². The van der Waals surface area contributed by atoms with Gasteiger partial charge in [0.1, 0.15) is 19.0 Å². The summed E-state index contributed by atoms with van der Waals surface area (Å²) in [7, 11) is 0. The van der Waals surface area contributed by atoms with Gasteiger partial charge in [-0.1, -0.05) is 25.2 Å². The molecule has 1 aliphatic rings. The number of halogens is 2. The van der Waals surface area contributed by atoms with Crippen molar-refractivity contribution >= 4 is 45.0 Å². The molecule has 6 nitrogen and oxygen atoms in total. The number of thiazole rings is 1. The van der Waals surface area contributed by atoms with Gasteiger partial charge in [0.05, 0.1) is 10.2 Å². The van der Waals surface area contributed by atoms with Crippen molar-refractivity contribution < 1.29 is 18.7 Å². The Bertz CT molecular complexity index is 997. The van der Waals surface area contributed by atoms with Gasteiger partial charge in [0.2, 0.25) is 0 Å². The number of amides is 1. The fourth-order valence-electron chi connectivity index (χ4n) is 3.38. The highest BCUT2D eigenvalue weighted by Gasteiger charge is 2.23. The third kappa shape index (κ3) is 5.08. The first-order chi connectivity index (χ1) is 14.6. The third-order valence-electron chi connectivity index (χ3n) is 5.14. The molecule has 1 aromatic heterocycles. The minimum Gasteiger partial charge on any atom is -0.486 e. The number of nitrogens with zero attached hydrogens (tertiary/aromatic N) is 3. The van der Waals surface area contributed by atoms with E-state index in [1.54, 1.807) is 4.90 Å². The van der Waals surface area contributed by atoms with Crippen LogP contribution in [0.3, 0.4) is 0 Å². The Balaban J connectivity index is 0.00000272. The zero-order valence-corrected chi connectivity index (χ0v) is 19.1. The first-order valence-electron chi connectivity index (χ1n) is 10.1. The second-order valence-electron chi connectivity index (χ2n) is 6.95. The van der Waals surface area contributed by atoms with Crippen LogP contribution in [0.4, 0.5) is 9.52 Å². The summed E-state index contributed by atoms with van der Waals surface area (Å²) in [5, 5.41) is 0.605. The highest BCUT2D eigenvalue weighted by Crippen LogP contribution is 2.39. The molecule has 2 aromatic carbocycles. The van der Waals surface area contributed by atoms with Gasteiger partial charge in [0, 0.05) is 30.8 Å². The lowest BCUT2D eigenvalue weighted by Gasteiger charge is -2.24. The molecule has 0 atom stereocenters. The van der Waals surface area contributed by atoms with Gasteiger partial charge >= 0.3 is 0 Å². The van der Waals surface area contributed by atoms with Crippen molar-refractivity contribution in [3.63, 3.8) is 0 Å². The summed E-state index contributed by atoms with van der Waals surface area (Å²) >= 11 is 1.44. The quantitative estimate of drug-likeness (QED) is 0.509. The van der Waals surface area contributed by atoms with E-state index in [0.717, 1.165) is 29.9 Å². The molecule has 0 N–H and O–H groups in total. The van der Waals surface area contributed by atoms with Gasteiger partial charge < -0.3 is 14.4 Å². The van der Waals surface area contributed by atoms with Gasteiger partial charge in [-0.2, -0.15) is 0 Å². The normalized spacial score (nSPS) is 12.6. The first kappa shape index (κ1) is 23.2. The molecule has 2 heterocycles. The van der Waals surface area contributed by atoms with Crippen LogP contribution in [-0.2, 0) is 0 Å². The number of hydrogen-bond donors (Lipinski definition) is 0. The van der Waals surface area contributed by atoms with E-state index < -0.39 is 0 Å². The molecular weight excluding hydrogens is 441 g/mol. The van der Waals surface area contributed by atoms with Crippen molar-refractivity contribution in [3.8, 4) is 11.5 Å². The van der Waals surface area contributed by atoms with Crippen LogP contribution < -0.4 is 14.4 Å². The first-order valence-corrected chi connectivity index (χ1v) is 10.9. The summed E-state index contributed by atoms with van der Waals surface area (Å²) in [4.78, 5) is 21.9. The number of likely N-dealkylation sites (N-methyl/N-ethyl adjacent to an activating group) is 1. The van der Waals surface area contributed by atoms with Gasteiger partial charge in [0.15, 0.2) is 16.6 Å². The lowest BCUT2D eigenvalue weighted by molar-refractivity contribution is 0.0983. The number of aromatic nitrogens is 1. The van der Waals surface area contributed by atoms with E-state index in [1.165, 1.54) is 35.6 Å². The molecule has 166 valence electrons. The molecule has 0 fully saturated rings. The highest BCUT2D eigenvalue weighted by molar-refractivity contribution is 7.22. The van der Waals surface area contributed by atoms with Crippen molar-refractivity contribution in [2.45, 2.75) is 13.8 Å². The predicted molar refractivity (Wildman–Crippen MR) is 124 cm³/mol. The number of benzene rings is 2. The molecule has 1 amide bonds. The average molecular weight is 466 g/mol. The van der Waals surface area contributed by atoms with Crippen LogP contribution in [0.2, 0.25) is 0 Å². The van der Waals surface area contributed by atoms with E-state index in [-0.39, 0.29) is 24.1 Å². The number of ether oxygens (including phenoxy) is 2. The molecule has 31 heavy (non-hydrogen) atoms. The summed E-state index contributed by atoms with van der Waals surface area (Å²) in [6.07, 6.45) is 0. The van der Waals surface area contributed by atoms with Crippen LogP contribution in [-0.4, -0.2) is 55.2 Å². The van der Waals surface area contributed by atoms with Crippen molar-refractivity contribution in [3.05, 3.63) is 47.8 Å². The molecule has 0 aliphatic carbocycles. The van der Waals surface area contributed by atoms with Crippen molar-refractivity contribution in [2.75, 3.05) is 44.3 Å². The maximum Gasteiger partial charge on any atom is 0.260 e. The van der Waals surface area contributed by atoms with E-state index in [2.05, 4.69) is 18.7 Å². The largest absolute Gasteiger partial charge is 0.486 e. The van der Waals surface area contributed by atoms with Crippen LogP contribution in [0.5, 0.6) is 11.5 Å². The Morgan fingerprint density at radius 2 is 1.71 bits per heavy atom. The fraction of sp³-hybridized carbons (Fsp3) is 0.364. The van der Waals surface area contributed by atoms with E-state index >= 15 is 0 Å². The summed E-state index contributed by atoms with van der Waals surface area (Å²) < 4.78 is 25.6.